The number of β-lactam (4-membered cyclic amide) rings is 1. The average Bonchev–Trinajstić information content (AvgIpc) is 2.76. The van der Waals surface area contributed by atoms with E-state index in [9.17, 15) is 18.0 Å². The fraction of sp³-hybridized carbons (Fsp3) is 0.435. The topological polar surface area (TPSA) is 42.0 Å². The lowest BCUT2D eigenvalue weighted by Gasteiger charge is -2.52. The van der Waals surface area contributed by atoms with Gasteiger partial charge in [0.1, 0.15) is 17.7 Å². The van der Waals surface area contributed by atoms with Gasteiger partial charge in [-0.05, 0) is 44.2 Å². The van der Waals surface area contributed by atoms with Crippen molar-refractivity contribution in [2.24, 2.45) is 0 Å². The van der Waals surface area contributed by atoms with Gasteiger partial charge in [0.15, 0.2) is 11.6 Å². The van der Waals surface area contributed by atoms with E-state index in [2.05, 4.69) is 4.90 Å². The summed E-state index contributed by atoms with van der Waals surface area (Å²) >= 11 is 0. The standard InChI is InChI=1S/C23H25F3N2O3/c1-23(2,27-9-11-30-12-10-27)14-28-20(16-13-15(24)7-8-17(16)25)21(22(28)29)31-19-6-4-3-5-18(19)26/h3-8,13,20-21H,9-12,14H2,1-2H3. The lowest BCUT2D eigenvalue weighted by molar-refractivity contribution is -0.168. The molecule has 0 bridgehead atoms. The summed E-state index contributed by atoms with van der Waals surface area (Å²) in [5.74, 6) is -2.38. The number of halogens is 3. The van der Waals surface area contributed by atoms with Crippen molar-refractivity contribution in [2.75, 3.05) is 32.8 Å². The maximum atomic E-state index is 14.7. The van der Waals surface area contributed by atoms with E-state index in [0.29, 0.717) is 26.3 Å². The van der Waals surface area contributed by atoms with Gasteiger partial charge in [-0.3, -0.25) is 9.69 Å². The summed E-state index contributed by atoms with van der Waals surface area (Å²) in [6, 6.07) is 7.95. The van der Waals surface area contributed by atoms with Crippen molar-refractivity contribution in [3.05, 3.63) is 65.5 Å². The third-order valence-corrected chi connectivity index (χ3v) is 5.94. The van der Waals surface area contributed by atoms with Crippen molar-refractivity contribution >= 4 is 5.91 Å². The van der Waals surface area contributed by atoms with E-state index in [1.54, 1.807) is 6.07 Å². The highest BCUT2D eigenvalue weighted by Gasteiger charge is 2.53. The molecule has 2 aromatic carbocycles. The number of amides is 1. The monoisotopic (exact) mass is 434 g/mol. The molecule has 2 aromatic rings. The second-order valence-corrected chi connectivity index (χ2v) is 8.46. The SMILES string of the molecule is CC(C)(CN1C(=O)C(Oc2ccccc2F)C1c1cc(F)ccc1F)N1CCOCC1. The summed E-state index contributed by atoms with van der Waals surface area (Å²) < 4.78 is 53.8. The maximum absolute atomic E-state index is 14.7. The van der Waals surface area contributed by atoms with Gasteiger partial charge in [-0.1, -0.05) is 12.1 Å². The van der Waals surface area contributed by atoms with Crippen LogP contribution in [0.5, 0.6) is 5.75 Å². The van der Waals surface area contributed by atoms with Crippen LogP contribution < -0.4 is 4.74 Å². The van der Waals surface area contributed by atoms with Gasteiger partial charge >= 0.3 is 0 Å². The van der Waals surface area contributed by atoms with E-state index in [1.165, 1.54) is 23.1 Å². The molecule has 2 saturated heterocycles. The number of hydrogen-bond donors (Lipinski definition) is 0. The van der Waals surface area contributed by atoms with Crippen LogP contribution in [0.2, 0.25) is 0 Å². The van der Waals surface area contributed by atoms with Crippen LogP contribution in [0.4, 0.5) is 13.2 Å². The zero-order valence-electron chi connectivity index (χ0n) is 17.5. The highest BCUT2D eigenvalue weighted by atomic mass is 19.1. The number of para-hydroxylation sites is 1. The lowest BCUT2D eigenvalue weighted by atomic mass is 9.87. The molecule has 166 valence electrons. The smallest absolute Gasteiger partial charge is 0.266 e. The van der Waals surface area contributed by atoms with Crippen molar-refractivity contribution in [1.82, 2.24) is 9.80 Å². The molecular weight excluding hydrogens is 409 g/mol. The lowest BCUT2D eigenvalue weighted by Crippen LogP contribution is -2.66. The number of carbonyl (C=O) groups excluding carboxylic acids is 1. The molecule has 5 nitrogen and oxygen atoms in total. The van der Waals surface area contributed by atoms with Gasteiger partial charge in [-0.2, -0.15) is 0 Å². The molecule has 0 saturated carbocycles. The van der Waals surface area contributed by atoms with Crippen molar-refractivity contribution < 1.29 is 27.4 Å². The van der Waals surface area contributed by atoms with E-state index in [0.717, 1.165) is 18.2 Å². The number of likely N-dealkylation sites (tertiary alicyclic amines) is 1. The first-order chi connectivity index (χ1) is 14.8. The maximum Gasteiger partial charge on any atom is 0.266 e. The van der Waals surface area contributed by atoms with Gasteiger partial charge in [0, 0.05) is 30.7 Å². The number of ether oxygens (including phenoxy) is 2. The predicted octanol–water partition coefficient (Wildman–Crippen LogP) is 3.55. The molecule has 2 unspecified atom stereocenters. The molecule has 1 amide bonds. The zero-order valence-corrected chi connectivity index (χ0v) is 17.5. The zero-order chi connectivity index (χ0) is 22.2. The Bertz CT molecular complexity index is 963. The minimum atomic E-state index is -1.14. The molecule has 8 heteroatoms. The number of hydrogen-bond acceptors (Lipinski definition) is 4. The van der Waals surface area contributed by atoms with Crippen LogP contribution in [0, 0.1) is 17.5 Å². The summed E-state index contributed by atoms with van der Waals surface area (Å²) in [4.78, 5) is 16.7. The minimum Gasteiger partial charge on any atom is -0.475 e. The number of carbonyl (C=O) groups is 1. The highest BCUT2D eigenvalue weighted by Crippen LogP contribution is 2.41. The molecule has 0 radical (unpaired) electrons. The molecule has 2 aliphatic rings. The predicted molar refractivity (Wildman–Crippen MR) is 108 cm³/mol. The second-order valence-electron chi connectivity index (χ2n) is 8.46. The van der Waals surface area contributed by atoms with Crippen LogP contribution in [0.3, 0.4) is 0 Å². The molecular formula is C23H25F3N2O3. The Kier molecular flexibility index (Phi) is 5.94. The van der Waals surface area contributed by atoms with E-state index < -0.39 is 41.0 Å². The Morgan fingerprint density at radius 2 is 1.77 bits per heavy atom. The van der Waals surface area contributed by atoms with Crippen LogP contribution in [0.25, 0.3) is 0 Å². The summed E-state index contributed by atoms with van der Waals surface area (Å²) in [6.45, 7) is 6.89. The van der Waals surface area contributed by atoms with Crippen molar-refractivity contribution in [2.45, 2.75) is 31.5 Å². The van der Waals surface area contributed by atoms with Crippen LogP contribution in [0.1, 0.15) is 25.5 Å². The number of rotatable bonds is 6. The van der Waals surface area contributed by atoms with Crippen LogP contribution >= 0.6 is 0 Å². The molecule has 0 spiro atoms. The van der Waals surface area contributed by atoms with E-state index in [4.69, 9.17) is 9.47 Å². The van der Waals surface area contributed by atoms with Gasteiger partial charge in [0.2, 0.25) is 6.10 Å². The Morgan fingerprint density at radius 3 is 2.48 bits per heavy atom. The van der Waals surface area contributed by atoms with Gasteiger partial charge in [-0.25, -0.2) is 13.2 Å². The molecule has 2 heterocycles. The Labute approximate surface area is 179 Å². The van der Waals surface area contributed by atoms with E-state index in [1.807, 2.05) is 13.8 Å². The average molecular weight is 434 g/mol. The molecule has 2 fully saturated rings. The molecule has 2 aliphatic heterocycles. The molecule has 31 heavy (non-hydrogen) atoms. The van der Waals surface area contributed by atoms with Crippen LogP contribution in [-0.2, 0) is 9.53 Å². The van der Waals surface area contributed by atoms with Crippen LogP contribution in [-0.4, -0.2) is 60.2 Å². The first-order valence-corrected chi connectivity index (χ1v) is 10.3. The fourth-order valence-corrected chi connectivity index (χ4v) is 4.24. The Hall–Kier alpha value is -2.58. The molecule has 0 aromatic heterocycles. The first kappa shape index (κ1) is 21.6. The van der Waals surface area contributed by atoms with Gasteiger partial charge in [-0.15, -0.1) is 0 Å². The molecule has 2 atom stereocenters. The Balaban J connectivity index is 1.63. The summed E-state index contributed by atoms with van der Waals surface area (Å²) in [7, 11) is 0. The third kappa shape index (κ3) is 4.27. The number of morpholine rings is 1. The largest absolute Gasteiger partial charge is 0.475 e. The van der Waals surface area contributed by atoms with Crippen LogP contribution in [0.15, 0.2) is 42.5 Å². The van der Waals surface area contributed by atoms with Crippen molar-refractivity contribution in [3.8, 4) is 5.75 Å². The number of nitrogens with zero attached hydrogens (tertiary/aromatic N) is 2. The minimum absolute atomic E-state index is 0.0127. The fourth-order valence-electron chi connectivity index (χ4n) is 4.24. The molecule has 0 aliphatic carbocycles. The summed E-state index contributed by atoms with van der Waals surface area (Å²) in [6.07, 6.45) is -1.14. The van der Waals surface area contributed by atoms with Crippen molar-refractivity contribution in [1.29, 1.82) is 0 Å². The number of benzene rings is 2. The second kappa shape index (κ2) is 8.51. The first-order valence-electron chi connectivity index (χ1n) is 10.3. The molecule has 0 N–H and O–H groups in total. The third-order valence-electron chi connectivity index (χ3n) is 5.94. The van der Waals surface area contributed by atoms with Crippen molar-refractivity contribution in [3.63, 3.8) is 0 Å². The Morgan fingerprint density at radius 1 is 1.06 bits per heavy atom. The molecule has 4 rings (SSSR count). The quantitative estimate of drug-likeness (QED) is 0.653. The van der Waals surface area contributed by atoms with E-state index >= 15 is 0 Å². The van der Waals surface area contributed by atoms with E-state index in [-0.39, 0.29) is 17.9 Å². The highest BCUT2D eigenvalue weighted by molar-refractivity contribution is 5.89. The van der Waals surface area contributed by atoms with Gasteiger partial charge in [0.05, 0.1) is 13.2 Å². The normalized spacial score (nSPS) is 22.4. The van der Waals surface area contributed by atoms with Gasteiger partial charge < -0.3 is 14.4 Å². The summed E-state index contributed by atoms with van der Waals surface area (Å²) in [5.41, 5.74) is -0.413. The van der Waals surface area contributed by atoms with Gasteiger partial charge in [0.25, 0.3) is 5.91 Å². The summed E-state index contributed by atoms with van der Waals surface area (Å²) in [5, 5.41) is 0.